The molecule has 0 aliphatic carbocycles. The zero-order valence-electron chi connectivity index (χ0n) is 13.0. The van der Waals surface area contributed by atoms with Crippen LogP contribution < -0.4 is 10.2 Å². The standard InChI is InChI=1S/C19H21ClN2O/c20-17-8-6-15(7-9-17)12-19(23)21-13-16-10-11-22(14-16)18-4-2-1-3-5-18/h1-9,16H,10-14H2,(H,21,23). The van der Waals surface area contributed by atoms with Gasteiger partial charge >= 0.3 is 0 Å². The fourth-order valence-electron chi connectivity index (χ4n) is 2.98. The highest BCUT2D eigenvalue weighted by Crippen LogP contribution is 2.22. The van der Waals surface area contributed by atoms with Crippen LogP contribution in [0.1, 0.15) is 12.0 Å². The number of nitrogens with zero attached hydrogens (tertiary/aromatic N) is 1. The molecule has 1 saturated heterocycles. The first kappa shape index (κ1) is 15.9. The van der Waals surface area contributed by atoms with Crippen LogP contribution in [0, 0.1) is 5.92 Å². The minimum absolute atomic E-state index is 0.0745. The van der Waals surface area contributed by atoms with E-state index in [4.69, 9.17) is 11.6 Å². The predicted octanol–water partition coefficient (Wildman–Crippen LogP) is 3.53. The van der Waals surface area contributed by atoms with Crippen LogP contribution in [-0.2, 0) is 11.2 Å². The maximum atomic E-state index is 12.0. The van der Waals surface area contributed by atoms with Crippen LogP contribution in [0.2, 0.25) is 5.02 Å². The summed E-state index contributed by atoms with van der Waals surface area (Å²) in [5, 5.41) is 3.76. The monoisotopic (exact) mass is 328 g/mol. The van der Waals surface area contributed by atoms with E-state index in [2.05, 4.69) is 34.5 Å². The van der Waals surface area contributed by atoms with Crippen molar-refractivity contribution in [2.75, 3.05) is 24.5 Å². The average molecular weight is 329 g/mol. The molecule has 0 saturated carbocycles. The zero-order chi connectivity index (χ0) is 16.1. The number of amides is 1. The van der Waals surface area contributed by atoms with E-state index in [1.54, 1.807) is 0 Å². The molecule has 3 rings (SSSR count). The zero-order valence-corrected chi connectivity index (χ0v) is 13.8. The molecule has 1 unspecified atom stereocenters. The van der Waals surface area contributed by atoms with Crippen molar-refractivity contribution in [2.45, 2.75) is 12.8 Å². The number of rotatable bonds is 5. The molecule has 4 heteroatoms. The van der Waals surface area contributed by atoms with Gasteiger partial charge in [-0.15, -0.1) is 0 Å². The number of halogens is 1. The van der Waals surface area contributed by atoms with E-state index >= 15 is 0 Å². The number of hydrogen-bond acceptors (Lipinski definition) is 2. The Hall–Kier alpha value is -2.00. The molecule has 2 aromatic rings. The molecule has 0 bridgehead atoms. The number of hydrogen-bond donors (Lipinski definition) is 1. The highest BCUT2D eigenvalue weighted by atomic mass is 35.5. The van der Waals surface area contributed by atoms with Gasteiger partial charge in [0.05, 0.1) is 6.42 Å². The smallest absolute Gasteiger partial charge is 0.224 e. The van der Waals surface area contributed by atoms with Crippen LogP contribution in [0.15, 0.2) is 54.6 Å². The molecule has 0 radical (unpaired) electrons. The Balaban J connectivity index is 1.44. The molecule has 1 heterocycles. The summed E-state index contributed by atoms with van der Waals surface area (Å²) in [5.74, 6) is 0.592. The lowest BCUT2D eigenvalue weighted by Gasteiger charge is -2.18. The molecule has 3 nitrogen and oxygen atoms in total. The minimum atomic E-state index is 0.0745. The Bertz CT molecular complexity index is 642. The van der Waals surface area contributed by atoms with Gasteiger partial charge in [-0.3, -0.25) is 4.79 Å². The summed E-state index contributed by atoms with van der Waals surface area (Å²) in [7, 11) is 0. The summed E-state index contributed by atoms with van der Waals surface area (Å²) < 4.78 is 0. The lowest BCUT2D eigenvalue weighted by molar-refractivity contribution is -0.120. The Morgan fingerprint density at radius 1 is 1.13 bits per heavy atom. The van der Waals surface area contributed by atoms with Gasteiger partial charge in [0.1, 0.15) is 0 Å². The Morgan fingerprint density at radius 3 is 2.61 bits per heavy atom. The number of anilines is 1. The van der Waals surface area contributed by atoms with Crippen LogP contribution in [0.3, 0.4) is 0 Å². The lowest BCUT2D eigenvalue weighted by atomic mass is 10.1. The lowest BCUT2D eigenvalue weighted by Crippen LogP contribution is -2.32. The Labute approximate surface area is 142 Å². The third kappa shape index (κ3) is 4.49. The third-order valence-electron chi connectivity index (χ3n) is 4.27. The topological polar surface area (TPSA) is 32.3 Å². The van der Waals surface area contributed by atoms with Crippen molar-refractivity contribution in [1.29, 1.82) is 0 Å². The Kier molecular flexibility index (Phi) is 5.19. The molecule has 1 N–H and O–H groups in total. The average Bonchev–Trinajstić information content (AvgIpc) is 3.05. The largest absolute Gasteiger partial charge is 0.371 e. The SMILES string of the molecule is O=C(Cc1ccc(Cl)cc1)NCC1CCN(c2ccccc2)C1. The number of carbonyl (C=O) groups excluding carboxylic acids is 1. The summed E-state index contributed by atoms with van der Waals surface area (Å²) >= 11 is 5.85. The van der Waals surface area contributed by atoms with Crippen LogP contribution in [0.25, 0.3) is 0 Å². The van der Waals surface area contributed by atoms with Crippen molar-refractivity contribution < 1.29 is 4.79 Å². The van der Waals surface area contributed by atoms with E-state index < -0.39 is 0 Å². The molecule has 1 fully saturated rings. The second kappa shape index (κ2) is 7.51. The van der Waals surface area contributed by atoms with Gasteiger partial charge in [0.2, 0.25) is 5.91 Å². The summed E-state index contributed by atoms with van der Waals surface area (Å²) in [5.41, 5.74) is 2.26. The van der Waals surface area contributed by atoms with Crippen molar-refractivity contribution >= 4 is 23.2 Å². The second-order valence-corrected chi connectivity index (χ2v) is 6.48. The van der Waals surface area contributed by atoms with E-state index in [0.717, 1.165) is 31.6 Å². The van der Waals surface area contributed by atoms with Gasteiger partial charge in [-0.2, -0.15) is 0 Å². The van der Waals surface area contributed by atoms with Crippen LogP contribution in [0.5, 0.6) is 0 Å². The van der Waals surface area contributed by atoms with Crippen molar-refractivity contribution in [3.63, 3.8) is 0 Å². The van der Waals surface area contributed by atoms with Crippen molar-refractivity contribution in [3.05, 3.63) is 65.2 Å². The van der Waals surface area contributed by atoms with Gasteiger partial charge in [0.15, 0.2) is 0 Å². The fourth-order valence-corrected chi connectivity index (χ4v) is 3.11. The summed E-state index contributed by atoms with van der Waals surface area (Å²) in [6, 6.07) is 17.9. The molecule has 1 atom stereocenters. The summed E-state index contributed by atoms with van der Waals surface area (Å²) in [6.45, 7) is 2.81. The van der Waals surface area contributed by atoms with Crippen LogP contribution in [-0.4, -0.2) is 25.5 Å². The fraction of sp³-hybridized carbons (Fsp3) is 0.316. The van der Waals surface area contributed by atoms with Crippen molar-refractivity contribution in [1.82, 2.24) is 5.32 Å². The highest BCUT2D eigenvalue weighted by molar-refractivity contribution is 6.30. The van der Waals surface area contributed by atoms with Gasteiger partial charge in [-0.05, 0) is 42.2 Å². The molecule has 120 valence electrons. The molecule has 1 aliphatic heterocycles. The minimum Gasteiger partial charge on any atom is -0.371 e. The van der Waals surface area contributed by atoms with E-state index in [1.165, 1.54) is 5.69 Å². The normalized spacial score (nSPS) is 17.3. The molecule has 2 aromatic carbocycles. The molecule has 0 spiro atoms. The molecule has 1 amide bonds. The third-order valence-corrected chi connectivity index (χ3v) is 4.53. The van der Waals surface area contributed by atoms with Gasteiger partial charge in [-0.25, -0.2) is 0 Å². The molecular weight excluding hydrogens is 308 g/mol. The van der Waals surface area contributed by atoms with Crippen LogP contribution >= 0.6 is 11.6 Å². The number of para-hydroxylation sites is 1. The Morgan fingerprint density at radius 2 is 1.87 bits per heavy atom. The van der Waals surface area contributed by atoms with Gasteiger partial charge in [0, 0.05) is 30.3 Å². The van der Waals surface area contributed by atoms with Gasteiger partial charge in [0.25, 0.3) is 0 Å². The van der Waals surface area contributed by atoms with E-state index in [-0.39, 0.29) is 5.91 Å². The number of nitrogens with one attached hydrogen (secondary N) is 1. The first-order chi connectivity index (χ1) is 11.2. The first-order valence-electron chi connectivity index (χ1n) is 8.02. The van der Waals surface area contributed by atoms with Crippen molar-refractivity contribution in [3.8, 4) is 0 Å². The molecule has 1 aliphatic rings. The van der Waals surface area contributed by atoms with Crippen LogP contribution in [0.4, 0.5) is 5.69 Å². The van der Waals surface area contributed by atoms with Gasteiger partial charge < -0.3 is 10.2 Å². The van der Waals surface area contributed by atoms with Crippen molar-refractivity contribution in [2.24, 2.45) is 5.92 Å². The predicted molar refractivity (Wildman–Crippen MR) is 94.9 cm³/mol. The number of carbonyl (C=O) groups is 1. The number of benzene rings is 2. The van der Waals surface area contributed by atoms with E-state index in [1.807, 2.05) is 30.3 Å². The molecular formula is C19H21ClN2O. The molecule has 23 heavy (non-hydrogen) atoms. The highest BCUT2D eigenvalue weighted by Gasteiger charge is 2.22. The quantitative estimate of drug-likeness (QED) is 0.910. The first-order valence-corrected chi connectivity index (χ1v) is 8.39. The second-order valence-electron chi connectivity index (χ2n) is 6.04. The molecule has 0 aromatic heterocycles. The summed E-state index contributed by atoms with van der Waals surface area (Å²) in [4.78, 5) is 14.4. The van der Waals surface area contributed by atoms with E-state index in [9.17, 15) is 4.79 Å². The van der Waals surface area contributed by atoms with Gasteiger partial charge in [-0.1, -0.05) is 41.9 Å². The van der Waals surface area contributed by atoms with E-state index in [0.29, 0.717) is 17.4 Å². The summed E-state index contributed by atoms with van der Waals surface area (Å²) in [6.07, 6.45) is 1.53. The maximum Gasteiger partial charge on any atom is 0.224 e. The maximum absolute atomic E-state index is 12.0.